The van der Waals surface area contributed by atoms with Gasteiger partial charge in [-0.05, 0) is 43.9 Å². The summed E-state index contributed by atoms with van der Waals surface area (Å²) in [5.41, 5.74) is 0.909. The quantitative estimate of drug-likeness (QED) is 0.910. The molecule has 1 amide bonds. The number of likely N-dealkylation sites (tertiary alicyclic amines) is 1. The van der Waals surface area contributed by atoms with E-state index in [-0.39, 0.29) is 23.4 Å². The van der Waals surface area contributed by atoms with Crippen LogP contribution in [0.3, 0.4) is 0 Å². The fourth-order valence-corrected chi connectivity index (χ4v) is 3.55. The van der Waals surface area contributed by atoms with Crippen LogP contribution < -0.4 is 0 Å². The predicted molar refractivity (Wildman–Crippen MR) is 80.1 cm³/mol. The molecule has 0 bridgehead atoms. The number of amides is 1. The molecule has 22 heavy (non-hydrogen) atoms. The molecule has 0 saturated carbocycles. The summed E-state index contributed by atoms with van der Waals surface area (Å²) in [7, 11) is 0. The van der Waals surface area contributed by atoms with Gasteiger partial charge in [-0.25, -0.2) is 4.39 Å². The van der Waals surface area contributed by atoms with Crippen molar-refractivity contribution in [2.45, 2.75) is 38.3 Å². The molecule has 0 aromatic heterocycles. The number of hydrogen-bond acceptors (Lipinski definition) is 3. The first-order valence-electron chi connectivity index (χ1n) is 7.91. The average Bonchev–Trinajstić information content (AvgIpc) is 2.96. The van der Waals surface area contributed by atoms with Crippen molar-refractivity contribution in [1.82, 2.24) is 4.90 Å². The SMILES string of the molecule is Cc1ccc(C(=O)N2CCCC2C2COCCC2O)c(F)c1. The molecule has 3 rings (SSSR count). The van der Waals surface area contributed by atoms with Crippen LogP contribution in [-0.4, -0.2) is 47.8 Å². The Balaban J connectivity index is 1.81. The van der Waals surface area contributed by atoms with Crippen LogP contribution in [0.25, 0.3) is 0 Å². The molecule has 2 fully saturated rings. The Labute approximate surface area is 129 Å². The van der Waals surface area contributed by atoms with Gasteiger partial charge in [0.1, 0.15) is 5.82 Å². The monoisotopic (exact) mass is 307 g/mol. The molecule has 2 saturated heterocycles. The van der Waals surface area contributed by atoms with Gasteiger partial charge in [-0.15, -0.1) is 0 Å². The first kappa shape index (κ1) is 15.4. The molecule has 0 spiro atoms. The van der Waals surface area contributed by atoms with Gasteiger partial charge in [0.25, 0.3) is 5.91 Å². The summed E-state index contributed by atoms with van der Waals surface area (Å²) in [5.74, 6) is -0.831. The van der Waals surface area contributed by atoms with Gasteiger partial charge in [-0.2, -0.15) is 0 Å². The Morgan fingerprint density at radius 1 is 1.41 bits per heavy atom. The summed E-state index contributed by atoms with van der Waals surface area (Å²) < 4.78 is 19.5. The van der Waals surface area contributed by atoms with Gasteiger partial charge in [-0.1, -0.05) is 6.07 Å². The number of carbonyl (C=O) groups excluding carboxylic acids is 1. The standard InChI is InChI=1S/C17H22FNO3/c1-11-4-5-12(14(18)9-11)17(21)19-7-2-3-15(19)13-10-22-8-6-16(13)20/h4-5,9,13,15-16,20H,2-3,6-8,10H2,1H3. The van der Waals surface area contributed by atoms with Crippen molar-refractivity contribution in [2.75, 3.05) is 19.8 Å². The third kappa shape index (κ3) is 2.88. The highest BCUT2D eigenvalue weighted by atomic mass is 19.1. The maximum atomic E-state index is 14.1. The number of rotatable bonds is 2. The van der Waals surface area contributed by atoms with Crippen molar-refractivity contribution in [3.63, 3.8) is 0 Å². The smallest absolute Gasteiger partial charge is 0.257 e. The van der Waals surface area contributed by atoms with E-state index in [1.807, 2.05) is 0 Å². The zero-order valence-corrected chi connectivity index (χ0v) is 12.8. The van der Waals surface area contributed by atoms with E-state index in [9.17, 15) is 14.3 Å². The first-order valence-corrected chi connectivity index (χ1v) is 7.91. The van der Waals surface area contributed by atoms with E-state index >= 15 is 0 Å². The lowest BCUT2D eigenvalue weighted by molar-refractivity contribution is -0.0589. The van der Waals surface area contributed by atoms with Crippen molar-refractivity contribution in [3.05, 3.63) is 35.1 Å². The highest BCUT2D eigenvalue weighted by molar-refractivity contribution is 5.95. The second-order valence-corrected chi connectivity index (χ2v) is 6.29. The highest BCUT2D eigenvalue weighted by Crippen LogP contribution is 2.31. The van der Waals surface area contributed by atoms with Crippen molar-refractivity contribution in [3.8, 4) is 0 Å². The lowest BCUT2D eigenvalue weighted by Crippen LogP contribution is -2.48. The lowest BCUT2D eigenvalue weighted by atomic mass is 9.89. The van der Waals surface area contributed by atoms with Crippen LogP contribution in [0, 0.1) is 18.7 Å². The molecule has 120 valence electrons. The van der Waals surface area contributed by atoms with Crippen LogP contribution in [0.15, 0.2) is 18.2 Å². The van der Waals surface area contributed by atoms with Crippen LogP contribution in [0.4, 0.5) is 4.39 Å². The topological polar surface area (TPSA) is 49.8 Å². The maximum Gasteiger partial charge on any atom is 0.257 e. The normalized spacial score (nSPS) is 28.9. The molecule has 0 radical (unpaired) electrons. The van der Waals surface area contributed by atoms with Crippen LogP contribution in [0.5, 0.6) is 0 Å². The molecule has 2 aliphatic heterocycles. The van der Waals surface area contributed by atoms with Crippen molar-refractivity contribution in [1.29, 1.82) is 0 Å². The van der Waals surface area contributed by atoms with Gasteiger partial charge in [0.2, 0.25) is 0 Å². The molecule has 3 atom stereocenters. The number of aliphatic hydroxyl groups excluding tert-OH is 1. The number of nitrogens with zero attached hydrogens (tertiary/aromatic N) is 1. The summed E-state index contributed by atoms with van der Waals surface area (Å²) >= 11 is 0. The number of aryl methyl sites for hydroxylation is 1. The Morgan fingerprint density at radius 2 is 2.23 bits per heavy atom. The first-order chi connectivity index (χ1) is 10.6. The molecule has 2 aliphatic rings. The van der Waals surface area contributed by atoms with E-state index in [4.69, 9.17) is 4.74 Å². The summed E-state index contributed by atoms with van der Waals surface area (Å²) in [5, 5.41) is 10.2. The van der Waals surface area contributed by atoms with E-state index in [0.717, 1.165) is 18.4 Å². The number of hydrogen-bond donors (Lipinski definition) is 1. The Hall–Kier alpha value is -1.46. The van der Waals surface area contributed by atoms with E-state index in [2.05, 4.69) is 0 Å². The third-order valence-corrected chi connectivity index (χ3v) is 4.77. The molecule has 0 aliphatic carbocycles. The molecular weight excluding hydrogens is 285 g/mol. The number of halogens is 1. The maximum absolute atomic E-state index is 14.1. The zero-order chi connectivity index (χ0) is 15.7. The fraction of sp³-hybridized carbons (Fsp3) is 0.588. The van der Waals surface area contributed by atoms with Gasteiger partial charge in [-0.3, -0.25) is 4.79 Å². The van der Waals surface area contributed by atoms with E-state index in [1.54, 1.807) is 24.0 Å². The van der Waals surface area contributed by atoms with E-state index < -0.39 is 11.9 Å². The fourth-order valence-electron chi connectivity index (χ4n) is 3.55. The van der Waals surface area contributed by atoms with Crippen molar-refractivity contribution in [2.24, 2.45) is 5.92 Å². The van der Waals surface area contributed by atoms with Crippen LogP contribution >= 0.6 is 0 Å². The summed E-state index contributed by atoms with van der Waals surface area (Å²) in [6.45, 7) is 3.43. The van der Waals surface area contributed by atoms with Gasteiger partial charge < -0.3 is 14.7 Å². The Bertz CT molecular complexity index is 563. The predicted octanol–water partition coefficient (Wildman–Crippen LogP) is 2.14. The zero-order valence-electron chi connectivity index (χ0n) is 12.8. The van der Waals surface area contributed by atoms with Crippen molar-refractivity contribution >= 4 is 5.91 Å². The minimum absolute atomic E-state index is 0.0662. The van der Waals surface area contributed by atoms with Gasteiger partial charge in [0.05, 0.1) is 18.3 Å². The summed E-state index contributed by atoms with van der Waals surface area (Å²) in [4.78, 5) is 14.4. The molecule has 1 aromatic rings. The number of aliphatic hydroxyl groups is 1. The van der Waals surface area contributed by atoms with Crippen molar-refractivity contribution < 1.29 is 19.0 Å². The number of ether oxygens (including phenoxy) is 1. The molecule has 3 unspecified atom stereocenters. The third-order valence-electron chi connectivity index (χ3n) is 4.77. The molecule has 5 heteroatoms. The molecular formula is C17H22FNO3. The minimum atomic E-state index is -0.476. The lowest BCUT2D eigenvalue weighted by Gasteiger charge is -2.37. The van der Waals surface area contributed by atoms with Crippen LogP contribution in [0.2, 0.25) is 0 Å². The van der Waals surface area contributed by atoms with Gasteiger partial charge in [0, 0.05) is 25.1 Å². The van der Waals surface area contributed by atoms with Crippen LogP contribution in [0.1, 0.15) is 35.2 Å². The second kappa shape index (κ2) is 6.34. The second-order valence-electron chi connectivity index (χ2n) is 6.29. The van der Waals surface area contributed by atoms with Gasteiger partial charge in [0.15, 0.2) is 0 Å². The summed E-state index contributed by atoms with van der Waals surface area (Å²) in [6, 6.07) is 4.62. The van der Waals surface area contributed by atoms with Crippen LogP contribution in [-0.2, 0) is 4.74 Å². The van der Waals surface area contributed by atoms with Gasteiger partial charge >= 0.3 is 0 Å². The number of carbonyl (C=O) groups is 1. The molecule has 2 heterocycles. The highest BCUT2D eigenvalue weighted by Gasteiger charge is 2.40. The average molecular weight is 307 g/mol. The number of benzene rings is 1. The Kier molecular flexibility index (Phi) is 4.45. The van der Waals surface area contributed by atoms with E-state index in [1.165, 1.54) is 6.07 Å². The van der Waals surface area contributed by atoms with E-state index in [0.29, 0.717) is 26.2 Å². The Morgan fingerprint density at radius 3 is 2.95 bits per heavy atom. The summed E-state index contributed by atoms with van der Waals surface area (Å²) in [6.07, 6.45) is 1.87. The molecule has 1 aromatic carbocycles. The minimum Gasteiger partial charge on any atom is -0.393 e. The largest absolute Gasteiger partial charge is 0.393 e. The molecule has 4 nitrogen and oxygen atoms in total. The molecule has 1 N–H and O–H groups in total.